The Morgan fingerprint density at radius 1 is 0.654 bits per heavy atom. The Labute approximate surface area is 472 Å². The molecule has 5 unspecified atom stereocenters. The molecule has 13 aliphatic rings. The molecule has 4 N–H and O–H groups in total. The van der Waals surface area contributed by atoms with Crippen LogP contribution in [0.5, 0.6) is 0 Å². The third-order valence-corrected chi connectivity index (χ3v) is 19.1. The number of aliphatic imine (C=N–C) groups is 6. The van der Waals surface area contributed by atoms with Crippen LogP contribution in [0.4, 0.5) is 0 Å². The Morgan fingerprint density at radius 2 is 1.21 bits per heavy atom. The molecule has 0 amide bonds. The molecule has 0 saturated carbocycles. The molecular formula is C66H68N8O7. The lowest BCUT2D eigenvalue weighted by molar-refractivity contribution is -0.143. The second kappa shape index (κ2) is 19.6. The van der Waals surface area contributed by atoms with Gasteiger partial charge in [-0.25, -0.2) is 30.0 Å². The van der Waals surface area contributed by atoms with Gasteiger partial charge in [0.05, 0.1) is 94.7 Å². The van der Waals surface area contributed by atoms with Gasteiger partial charge in [0.1, 0.15) is 18.1 Å². The van der Waals surface area contributed by atoms with Crippen LogP contribution in [-0.4, -0.2) is 83.4 Å². The first kappa shape index (κ1) is 52.3. The normalized spacial score (nSPS) is 27.8. The van der Waals surface area contributed by atoms with Gasteiger partial charge < -0.3 is 35.1 Å². The first-order valence-corrected chi connectivity index (χ1v) is 28.7. The summed E-state index contributed by atoms with van der Waals surface area (Å²) in [6.45, 7) is 21.2. The van der Waals surface area contributed by atoms with E-state index < -0.39 is 5.92 Å². The Kier molecular flexibility index (Phi) is 12.7. The molecule has 11 aliphatic heterocycles. The molecule has 81 heavy (non-hydrogen) atoms. The fraction of sp³-hybridized carbons (Fsp3) is 0.394. The van der Waals surface area contributed by atoms with E-state index in [9.17, 15) is 19.8 Å². The average Bonchev–Trinajstić information content (AvgIpc) is 3.71. The van der Waals surface area contributed by atoms with E-state index in [4.69, 9.17) is 44.2 Å². The number of methoxy groups -OCH3 is 1. The third kappa shape index (κ3) is 8.22. The van der Waals surface area contributed by atoms with Crippen molar-refractivity contribution in [1.29, 1.82) is 0 Å². The van der Waals surface area contributed by atoms with Gasteiger partial charge in [0, 0.05) is 99.2 Å². The summed E-state index contributed by atoms with van der Waals surface area (Å²) < 4.78 is 18.5. The maximum Gasteiger partial charge on any atom is 0.306 e. The van der Waals surface area contributed by atoms with Gasteiger partial charge in [0.15, 0.2) is 0 Å². The van der Waals surface area contributed by atoms with Crippen LogP contribution in [0.15, 0.2) is 213 Å². The van der Waals surface area contributed by atoms with E-state index in [1.165, 1.54) is 7.11 Å². The van der Waals surface area contributed by atoms with Gasteiger partial charge >= 0.3 is 11.9 Å². The number of hydrogen-bond donors (Lipinski definition) is 4. The SMILES string of the molecule is CCC1=C(C)C2=NC1=CC1=C(C)C3=C(O)CC(=C4NC5=CC6=NC(=C2)C(=C6C)COCC2C(O)=C6C7=NC(=C6C)C=C6N=C(C=C8N=C(C=C9NC(=C72)C(CCC(=O)OC)C9C)C(C)=C8COC(=O)CCC4C5C)C(C)=C6CC)C3=N1. The van der Waals surface area contributed by atoms with Crippen LogP contribution >= 0.6 is 0 Å². The zero-order chi connectivity index (χ0) is 56.6. The van der Waals surface area contributed by atoms with Gasteiger partial charge in [-0.15, -0.1) is 0 Å². The summed E-state index contributed by atoms with van der Waals surface area (Å²) in [7, 11) is 1.41. The summed E-state index contributed by atoms with van der Waals surface area (Å²) in [5, 5.41) is 32.3. The van der Waals surface area contributed by atoms with Crippen molar-refractivity contribution in [2.45, 2.75) is 114 Å². The number of cyclic esters (lactones) is 1. The highest BCUT2D eigenvalue weighted by atomic mass is 16.5. The smallest absolute Gasteiger partial charge is 0.306 e. The highest BCUT2D eigenvalue weighted by Crippen LogP contribution is 2.51. The number of nitrogens with zero attached hydrogens (tertiary/aromatic N) is 6. The molecule has 0 radical (unpaired) electrons. The Balaban J connectivity index is 1.01. The second-order valence-electron chi connectivity index (χ2n) is 23.3. The van der Waals surface area contributed by atoms with E-state index in [1.54, 1.807) is 0 Å². The van der Waals surface area contributed by atoms with Crippen molar-refractivity contribution in [3.8, 4) is 0 Å². The number of allylic oxidation sites excluding steroid dienone is 21. The van der Waals surface area contributed by atoms with Crippen molar-refractivity contribution in [3.63, 3.8) is 0 Å². The van der Waals surface area contributed by atoms with Gasteiger partial charge in [-0.1, -0.05) is 27.7 Å². The fourth-order valence-corrected chi connectivity index (χ4v) is 14.1. The van der Waals surface area contributed by atoms with Crippen molar-refractivity contribution in [2.24, 2.45) is 59.5 Å². The Morgan fingerprint density at radius 3 is 1.83 bits per heavy atom. The molecule has 20 bridgehead atoms. The molecule has 0 aromatic heterocycles. The molecule has 0 aromatic carbocycles. The van der Waals surface area contributed by atoms with Crippen LogP contribution in [0, 0.1) is 29.6 Å². The number of ether oxygens (including phenoxy) is 3. The van der Waals surface area contributed by atoms with Crippen LogP contribution in [0.25, 0.3) is 0 Å². The molecule has 15 nitrogen and oxygen atoms in total. The highest BCUT2D eigenvalue weighted by molar-refractivity contribution is 6.23. The van der Waals surface area contributed by atoms with E-state index in [2.05, 4.69) is 77.3 Å². The minimum atomic E-state index is -0.628. The predicted octanol–water partition coefficient (Wildman–Crippen LogP) is 11.9. The number of rotatable bonds is 5. The number of fused-ring (bicyclic) bond motifs is 11. The van der Waals surface area contributed by atoms with Gasteiger partial charge in [-0.05, 0) is 148 Å². The number of carbonyl (C=O) groups is 2. The summed E-state index contributed by atoms with van der Waals surface area (Å²) in [6, 6.07) is 0. The number of nitrogens with one attached hydrogen (secondary N) is 2. The molecule has 2 aliphatic carbocycles. The summed E-state index contributed by atoms with van der Waals surface area (Å²) in [5.41, 5.74) is 25.2. The topological polar surface area (TPSA) is 201 Å². The maximum absolute atomic E-state index is 14.4. The van der Waals surface area contributed by atoms with Crippen LogP contribution in [-0.2, 0) is 23.8 Å². The Bertz CT molecular complexity index is 3860. The van der Waals surface area contributed by atoms with Crippen LogP contribution in [0.3, 0.4) is 0 Å². The predicted molar refractivity (Wildman–Crippen MR) is 315 cm³/mol. The molecule has 0 aromatic rings. The molecule has 13 rings (SSSR count). The zero-order valence-electron chi connectivity index (χ0n) is 48.0. The van der Waals surface area contributed by atoms with Gasteiger partial charge in [-0.3, -0.25) is 9.59 Å². The van der Waals surface area contributed by atoms with Crippen molar-refractivity contribution >= 4 is 46.2 Å². The molecule has 15 heteroatoms. The number of aliphatic hydroxyl groups excluding tert-OH is 2. The van der Waals surface area contributed by atoms with E-state index >= 15 is 0 Å². The molecule has 5 atom stereocenters. The van der Waals surface area contributed by atoms with E-state index in [1.807, 2.05) is 39.0 Å². The van der Waals surface area contributed by atoms with Crippen molar-refractivity contribution in [3.05, 3.63) is 183 Å². The summed E-state index contributed by atoms with van der Waals surface area (Å²) in [4.78, 5) is 59.3. The molecule has 11 heterocycles. The molecule has 2 saturated heterocycles. The first-order chi connectivity index (χ1) is 39.0. The quantitative estimate of drug-likeness (QED) is 0.193. The maximum atomic E-state index is 14.4. The monoisotopic (exact) mass is 1080 g/mol. The first-order valence-electron chi connectivity index (χ1n) is 28.7. The molecule has 0 spiro atoms. The van der Waals surface area contributed by atoms with Gasteiger partial charge in [-0.2, -0.15) is 0 Å². The van der Waals surface area contributed by atoms with Crippen LogP contribution < -0.4 is 10.6 Å². The summed E-state index contributed by atoms with van der Waals surface area (Å²) >= 11 is 0. The number of esters is 2. The van der Waals surface area contributed by atoms with Crippen molar-refractivity contribution < 1.29 is 34.0 Å². The molecule has 414 valence electrons. The lowest BCUT2D eigenvalue weighted by Crippen LogP contribution is -2.22. The van der Waals surface area contributed by atoms with E-state index in [-0.39, 0.29) is 79.8 Å². The average molecular weight is 1090 g/mol. The standard InChI is InChI=1S/C66H68N8O7/c1-12-36-28(3)46-21-54-41-25-80-26-43-61-63-39(14-16-57(76)79-11)31(6)49(72-63)20-45-33(8)42(55(70-45)22-47-29(4)37(13-2)53(68-47)24-51-35(10)60(66(43)78)65(61)74-51)27-81-58(77)17-15-38-30(5)48(19-44(69-54)32(41)7)71-62(38)40-18-56(75)59-34(9)50(73-64(40)59)23-52(36)67-46/h19-24,30-31,38-39,43,71-72,75,78H,12-18,25-27H2,1-11H3. The number of hydrogen-bond acceptors (Lipinski definition) is 15. The van der Waals surface area contributed by atoms with E-state index in [0.717, 1.165) is 154 Å². The lowest BCUT2D eigenvalue weighted by atomic mass is 9.84. The molecular weight excluding hydrogens is 1020 g/mol. The highest BCUT2D eigenvalue weighted by Gasteiger charge is 2.47. The fourth-order valence-electron chi connectivity index (χ4n) is 14.1. The lowest BCUT2D eigenvalue weighted by Gasteiger charge is -2.21. The summed E-state index contributed by atoms with van der Waals surface area (Å²) in [6.07, 6.45) is 15.4. The van der Waals surface area contributed by atoms with Crippen molar-refractivity contribution in [2.75, 3.05) is 26.9 Å². The van der Waals surface area contributed by atoms with Crippen LogP contribution in [0.1, 0.15) is 114 Å². The number of carbonyl (C=O) groups excluding carboxylic acids is 2. The van der Waals surface area contributed by atoms with Gasteiger partial charge in [0.2, 0.25) is 0 Å². The summed E-state index contributed by atoms with van der Waals surface area (Å²) in [5.74, 6) is -1.41. The zero-order valence-corrected chi connectivity index (χ0v) is 48.0. The Hall–Kier alpha value is -8.04. The third-order valence-electron chi connectivity index (χ3n) is 19.1. The van der Waals surface area contributed by atoms with Gasteiger partial charge in [0.25, 0.3) is 0 Å². The molecule has 2 fully saturated rings. The minimum absolute atomic E-state index is 0.00691. The number of aliphatic hydroxyl groups is 2. The van der Waals surface area contributed by atoms with Crippen LogP contribution in [0.2, 0.25) is 0 Å². The largest absolute Gasteiger partial charge is 0.511 e. The minimum Gasteiger partial charge on any atom is -0.511 e. The van der Waals surface area contributed by atoms with E-state index in [0.29, 0.717) is 47.7 Å². The second-order valence-corrected chi connectivity index (χ2v) is 23.3. The van der Waals surface area contributed by atoms with Crippen molar-refractivity contribution in [1.82, 2.24) is 10.6 Å².